The van der Waals surface area contributed by atoms with Crippen molar-refractivity contribution in [3.63, 3.8) is 0 Å². The lowest BCUT2D eigenvalue weighted by atomic mass is 9.52. The first-order valence-electron chi connectivity index (χ1n) is 12.0. The Morgan fingerprint density at radius 3 is 2.71 bits per heavy atom. The number of ketones is 1. The van der Waals surface area contributed by atoms with Crippen LogP contribution in [0.25, 0.3) is 22.3 Å². The van der Waals surface area contributed by atoms with Gasteiger partial charge in [-0.05, 0) is 61.9 Å². The molecule has 2 heterocycles. The highest BCUT2D eigenvalue weighted by atomic mass is 16.5. The van der Waals surface area contributed by atoms with E-state index in [0.717, 1.165) is 58.8 Å². The lowest BCUT2D eigenvalue weighted by molar-refractivity contribution is -0.128. The SMILES string of the molecule is COc1ccc([C@]23CCC(=O)[C@@H](C)[C@@H]2CCc2c(-c4ccc5nc[nH]c5c4)nc(C)nc23)cc1. The number of methoxy groups -OCH3 is 1. The maximum Gasteiger partial charge on any atom is 0.136 e. The molecule has 4 aromatic rings. The van der Waals surface area contributed by atoms with Crippen LogP contribution in [0.15, 0.2) is 48.8 Å². The number of hydrogen-bond acceptors (Lipinski definition) is 5. The molecule has 0 bridgehead atoms. The van der Waals surface area contributed by atoms with E-state index < -0.39 is 0 Å². The third-order valence-corrected chi connectivity index (χ3v) is 8.06. The summed E-state index contributed by atoms with van der Waals surface area (Å²) in [5.74, 6) is 2.18. The van der Waals surface area contributed by atoms with Gasteiger partial charge in [0.15, 0.2) is 0 Å². The Balaban J connectivity index is 1.60. The van der Waals surface area contributed by atoms with E-state index in [1.165, 1.54) is 11.1 Å². The van der Waals surface area contributed by atoms with Gasteiger partial charge in [-0.1, -0.05) is 25.1 Å². The summed E-state index contributed by atoms with van der Waals surface area (Å²) in [4.78, 5) is 30.5. The molecule has 0 amide bonds. The second kappa shape index (κ2) is 7.76. The molecule has 34 heavy (non-hydrogen) atoms. The number of imidazole rings is 1. The van der Waals surface area contributed by atoms with Crippen molar-refractivity contribution < 1.29 is 9.53 Å². The van der Waals surface area contributed by atoms with Crippen molar-refractivity contribution >= 4 is 16.8 Å². The molecule has 2 aromatic heterocycles. The van der Waals surface area contributed by atoms with Gasteiger partial charge in [-0.25, -0.2) is 15.0 Å². The summed E-state index contributed by atoms with van der Waals surface area (Å²) in [5, 5.41) is 0. The van der Waals surface area contributed by atoms with E-state index in [1.54, 1.807) is 13.4 Å². The number of carbonyl (C=O) groups is 1. The van der Waals surface area contributed by atoms with Crippen LogP contribution in [-0.2, 0) is 16.6 Å². The normalized spacial score (nSPS) is 24.0. The van der Waals surface area contributed by atoms with E-state index in [0.29, 0.717) is 12.2 Å². The van der Waals surface area contributed by atoms with Gasteiger partial charge in [0, 0.05) is 28.9 Å². The van der Waals surface area contributed by atoms with E-state index in [1.807, 2.05) is 25.1 Å². The molecule has 1 saturated carbocycles. The highest BCUT2D eigenvalue weighted by molar-refractivity contribution is 5.84. The molecule has 172 valence electrons. The van der Waals surface area contributed by atoms with Crippen molar-refractivity contribution in [3.8, 4) is 17.0 Å². The Kier molecular flexibility index (Phi) is 4.80. The van der Waals surface area contributed by atoms with Crippen molar-refractivity contribution in [2.24, 2.45) is 11.8 Å². The summed E-state index contributed by atoms with van der Waals surface area (Å²) in [6, 6.07) is 14.6. The molecule has 3 atom stereocenters. The summed E-state index contributed by atoms with van der Waals surface area (Å²) < 4.78 is 5.43. The molecule has 0 saturated heterocycles. The summed E-state index contributed by atoms with van der Waals surface area (Å²) in [6.07, 6.45) is 4.87. The summed E-state index contributed by atoms with van der Waals surface area (Å²) >= 11 is 0. The lowest BCUT2D eigenvalue weighted by Gasteiger charge is -2.50. The summed E-state index contributed by atoms with van der Waals surface area (Å²) in [5.41, 5.74) is 7.21. The van der Waals surface area contributed by atoms with Crippen LogP contribution in [0.2, 0.25) is 0 Å². The monoisotopic (exact) mass is 452 g/mol. The fraction of sp³-hybridized carbons (Fsp3) is 0.357. The molecule has 2 aliphatic rings. The quantitative estimate of drug-likeness (QED) is 0.463. The molecule has 6 rings (SSSR count). The molecular formula is C28H28N4O2. The maximum atomic E-state index is 12.8. The maximum absolute atomic E-state index is 12.8. The van der Waals surface area contributed by atoms with Crippen molar-refractivity contribution in [2.45, 2.75) is 44.9 Å². The molecule has 0 unspecified atom stereocenters. The number of H-pyrrole nitrogens is 1. The van der Waals surface area contributed by atoms with Crippen LogP contribution in [-0.4, -0.2) is 32.8 Å². The molecule has 0 aliphatic heterocycles. The number of carbonyl (C=O) groups excluding carboxylic acids is 1. The lowest BCUT2D eigenvalue weighted by Crippen LogP contribution is -2.50. The average molecular weight is 453 g/mol. The highest BCUT2D eigenvalue weighted by Gasteiger charge is 2.53. The molecule has 0 spiro atoms. The molecule has 1 fully saturated rings. The fourth-order valence-electron chi connectivity index (χ4n) is 6.38. The van der Waals surface area contributed by atoms with Crippen molar-refractivity contribution in [1.29, 1.82) is 0 Å². The van der Waals surface area contributed by atoms with Gasteiger partial charge in [0.05, 0.1) is 35.9 Å². The Hall–Kier alpha value is -3.54. The standard InChI is InChI=1S/C28H28N4O2/c1-16-22-10-9-21-26(18-4-11-23-24(14-18)30-15-29-23)31-17(2)32-27(21)28(22,13-12-25(16)33)19-5-7-20(34-3)8-6-19/h4-8,11,14-16,22H,9-10,12-13H2,1-3H3,(H,29,30)/t16-,22-,28+/m0/s1. The zero-order chi connectivity index (χ0) is 23.4. The smallest absolute Gasteiger partial charge is 0.136 e. The van der Waals surface area contributed by atoms with Gasteiger partial charge in [-0.2, -0.15) is 0 Å². The number of fused-ring (bicyclic) bond motifs is 4. The molecule has 2 aliphatic carbocycles. The number of nitrogens with zero attached hydrogens (tertiary/aromatic N) is 3. The average Bonchev–Trinajstić information content (AvgIpc) is 3.34. The predicted octanol–water partition coefficient (Wildman–Crippen LogP) is 5.18. The minimum absolute atomic E-state index is 0.00377. The van der Waals surface area contributed by atoms with Crippen LogP contribution in [0.3, 0.4) is 0 Å². The zero-order valence-electron chi connectivity index (χ0n) is 19.8. The topological polar surface area (TPSA) is 80.8 Å². The predicted molar refractivity (Wildman–Crippen MR) is 131 cm³/mol. The molecule has 0 radical (unpaired) electrons. The highest BCUT2D eigenvalue weighted by Crippen LogP contribution is 2.55. The van der Waals surface area contributed by atoms with E-state index in [4.69, 9.17) is 14.7 Å². The number of ether oxygens (including phenoxy) is 1. The second-order valence-corrected chi connectivity index (χ2v) is 9.68. The first-order valence-corrected chi connectivity index (χ1v) is 12.0. The van der Waals surface area contributed by atoms with Gasteiger partial charge in [0.2, 0.25) is 0 Å². The molecule has 2 aromatic carbocycles. The second-order valence-electron chi connectivity index (χ2n) is 9.68. The minimum atomic E-state index is -0.312. The number of aromatic nitrogens is 4. The Labute approximate surface area is 198 Å². The number of aromatic amines is 1. The number of hydrogen-bond donors (Lipinski definition) is 1. The molecular weight excluding hydrogens is 424 g/mol. The first kappa shape index (κ1) is 21.0. The van der Waals surface area contributed by atoms with Gasteiger partial charge >= 0.3 is 0 Å². The van der Waals surface area contributed by atoms with Crippen LogP contribution >= 0.6 is 0 Å². The summed E-state index contributed by atoms with van der Waals surface area (Å²) in [6.45, 7) is 4.08. The van der Waals surface area contributed by atoms with E-state index in [2.05, 4.69) is 41.2 Å². The van der Waals surface area contributed by atoms with Crippen LogP contribution in [0, 0.1) is 18.8 Å². The van der Waals surface area contributed by atoms with E-state index >= 15 is 0 Å². The Morgan fingerprint density at radius 2 is 1.91 bits per heavy atom. The van der Waals surface area contributed by atoms with Gasteiger partial charge in [0.1, 0.15) is 17.4 Å². The molecule has 6 nitrogen and oxygen atoms in total. The van der Waals surface area contributed by atoms with Crippen molar-refractivity contribution in [3.05, 3.63) is 71.4 Å². The Bertz CT molecular complexity index is 1410. The number of Topliss-reactive ketones (excluding diaryl/α,β-unsaturated/α-hetero) is 1. The number of aryl methyl sites for hydroxylation is 1. The molecule has 6 heteroatoms. The third-order valence-electron chi connectivity index (χ3n) is 8.06. The van der Waals surface area contributed by atoms with E-state index in [-0.39, 0.29) is 17.3 Å². The summed E-state index contributed by atoms with van der Waals surface area (Å²) in [7, 11) is 1.69. The molecule has 1 N–H and O–H groups in total. The van der Waals surface area contributed by atoms with Crippen LogP contribution in [0.1, 0.15) is 48.8 Å². The number of nitrogens with one attached hydrogen (secondary N) is 1. The Morgan fingerprint density at radius 1 is 1.09 bits per heavy atom. The first-order chi connectivity index (χ1) is 16.5. The van der Waals surface area contributed by atoms with Crippen molar-refractivity contribution in [2.75, 3.05) is 7.11 Å². The van der Waals surface area contributed by atoms with Crippen LogP contribution in [0.5, 0.6) is 5.75 Å². The van der Waals surface area contributed by atoms with E-state index in [9.17, 15) is 4.79 Å². The van der Waals surface area contributed by atoms with Crippen molar-refractivity contribution in [1.82, 2.24) is 19.9 Å². The number of benzene rings is 2. The van der Waals surface area contributed by atoms with Gasteiger partial charge in [0.25, 0.3) is 0 Å². The third kappa shape index (κ3) is 3.01. The zero-order valence-corrected chi connectivity index (χ0v) is 19.8. The van der Waals surface area contributed by atoms with Gasteiger partial charge in [-0.15, -0.1) is 0 Å². The fourth-order valence-corrected chi connectivity index (χ4v) is 6.38. The van der Waals surface area contributed by atoms with Crippen LogP contribution in [0.4, 0.5) is 0 Å². The minimum Gasteiger partial charge on any atom is -0.497 e. The number of rotatable bonds is 3. The van der Waals surface area contributed by atoms with Gasteiger partial charge < -0.3 is 9.72 Å². The van der Waals surface area contributed by atoms with Gasteiger partial charge in [-0.3, -0.25) is 4.79 Å². The largest absolute Gasteiger partial charge is 0.497 e. The van der Waals surface area contributed by atoms with Crippen LogP contribution < -0.4 is 4.74 Å².